The van der Waals surface area contributed by atoms with Gasteiger partial charge in [-0.3, -0.25) is 4.21 Å². The summed E-state index contributed by atoms with van der Waals surface area (Å²) in [7, 11) is -1.35. The van der Waals surface area contributed by atoms with Crippen LogP contribution in [0.1, 0.15) is 5.56 Å². The van der Waals surface area contributed by atoms with Crippen LogP contribution in [0.15, 0.2) is 51.8 Å². The zero-order valence-electron chi connectivity index (χ0n) is 9.20. The molecule has 0 aliphatic carbocycles. The van der Waals surface area contributed by atoms with Gasteiger partial charge in [0.1, 0.15) is 11.6 Å². The topological polar surface area (TPSA) is 17.1 Å². The van der Waals surface area contributed by atoms with Crippen LogP contribution in [0.25, 0.3) is 0 Å². The summed E-state index contributed by atoms with van der Waals surface area (Å²) >= 11 is 3.21. The van der Waals surface area contributed by atoms with E-state index in [9.17, 15) is 13.0 Å². The minimum Gasteiger partial charge on any atom is -0.254 e. The van der Waals surface area contributed by atoms with E-state index in [1.54, 1.807) is 12.1 Å². The summed E-state index contributed by atoms with van der Waals surface area (Å²) in [5.74, 6) is -0.564. The third-order valence-electron chi connectivity index (χ3n) is 2.36. The summed E-state index contributed by atoms with van der Waals surface area (Å²) in [5.41, 5.74) is 0.721. The zero-order chi connectivity index (χ0) is 13.1. The Hall–Kier alpha value is -1.07. The van der Waals surface area contributed by atoms with Crippen LogP contribution >= 0.6 is 15.9 Å². The van der Waals surface area contributed by atoms with E-state index in [1.807, 2.05) is 0 Å². The van der Waals surface area contributed by atoms with E-state index in [-0.39, 0.29) is 11.6 Å². The molecule has 0 aliphatic rings. The van der Waals surface area contributed by atoms with Gasteiger partial charge in [0, 0.05) is 9.37 Å². The van der Waals surface area contributed by atoms with Crippen LogP contribution < -0.4 is 0 Å². The van der Waals surface area contributed by atoms with E-state index in [1.165, 1.54) is 30.3 Å². The second-order valence-electron chi connectivity index (χ2n) is 3.68. The van der Waals surface area contributed by atoms with Gasteiger partial charge in [-0.2, -0.15) is 0 Å². The van der Waals surface area contributed by atoms with E-state index >= 15 is 0 Å². The highest BCUT2D eigenvalue weighted by atomic mass is 79.9. The van der Waals surface area contributed by atoms with E-state index in [0.717, 1.165) is 5.56 Å². The van der Waals surface area contributed by atoms with Crippen LogP contribution in [0.2, 0.25) is 0 Å². The molecule has 2 aromatic carbocycles. The maximum absolute atomic E-state index is 13.0. The molecule has 5 heteroatoms. The molecule has 0 saturated carbocycles. The maximum Gasteiger partial charge on any atom is 0.124 e. The Labute approximate surface area is 114 Å². The van der Waals surface area contributed by atoms with Gasteiger partial charge in [0.05, 0.1) is 16.6 Å². The smallest absolute Gasteiger partial charge is 0.124 e. The molecule has 1 atom stereocenters. The zero-order valence-corrected chi connectivity index (χ0v) is 11.6. The molecule has 0 aromatic heterocycles. The van der Waals surface area contributed by atoms with Gasteiger partial charge < -0.3 is 0 Å². The standard InChI is InChI=1S/C13H9BrF2OS/c14-13-7-11(16)5-4-9(13)8-18(17)12-3-1-2-10(15)6-12/h1-7H,8H2. The van der Waals surface area contributed by atoms with Gasteiger partial charge in [0.15, 0.2) is 0 Å². The third-order valence-corrected chi connectivity index (χ3v) is 4.45. The minimum atomic E-state index is -1.35. The first-order valence-electron chi connectivity index (χ1n) is 5.14. The molecule has 0 N–H and O–H groups in total. The Kier molecular flexibility index (Phi) is 4.24. The van der Waals surface area contributed by atoms with Crippen molar-refractivity contribution in [2.24, 2.45) is 0 Å². The van der Waals surface area contributed by atoms with Crippen LogP contribution in [0.5, 0.6) is 0 Å². The molecule has 0 bridgehead atoms. The molecule has 0 heterocycles. The molecule has 0 saturated heterocycles. The molecule has 0 fully saturated rings. The fourth-order valence-electron chi connectivity index (χ4n) is 1.47. The lowest BCUT2D eigenvalue weighted by atomic mass is 10.2. The van der Waals surface area contributed by atoms with E-state index in [4.69, 9.17) is 0 Å². The second kappa shape index (κ2) is 5.71. The summed E-state index contributed by atoms with van der Waals surface area (Å²) in [6.45, 7) is 0. The first-order chi connectivity index (χ1) is 8.56. The highest BCUT2D eigenvalue weighted by Gasteiger charge is 2.09. The van der Waals surface area contributed by atoms with Crippen molar-refractivity contribution in [1.82, 2.24) is 0 Å². The van der Waals surface area contributed by atoms with Crippen LogP contribution in [-0.4, -0.2) is 4.21 Å². The molecule has 1 unspecified atom stereocenters. The van der Waals surface area contributed by atoms with Gasteiger partial charge in [-0.25, -0.2) is 8.78 Å². The van der Waals surface area contributed by atoms with Gasteiger partial charge in [-0.15, -0.1) is 0 Å². The van der Waals surface area contributed by atoms with Crippen LogP contribution in [0.3, 0.4) is 0 Å². The molecule has 0 spiro atoms. The molecule has 94 valence electrons. The predicted octanol–water partition coefficient (Wildman–Crippen LogP) is 4.04. The van der Waals surface area contributed by atoms with Gasteiger partial charge in [0.2, 0.25) is 0 Å². The summed E-state index contributed by atoms with van der Waals surface area (Å²) in [4.78, 5) is 0.422. The van der Waals surface area contributed by atoms with Crippen molar-refractivity contribution < 1.29 is 13.0 Å². The highest BCUT2D eigenvalue weighted by molar-refractivity contribution is 9.10. The number of hydrogen-bond acceptors (Lipinski definition) is 1. The molecule has 2 aromatic rings. The summed E-state index contributed by atoms with van der Waals surface area (Å²) < 4.78 is 38.5. The normalized spacial score (nSPS) is 12.4. The molecule has 0 aliphatic heterocycles. The van der Waals surface area contributed by atoms with Crippen molar-refractivity contribution in [3.05, 3.63) is 64.1 Å². The van der Waals surface area contributed by atoms with E-state index < -0.39 is 16.6 Å². The quantitative estimate of drug-likeness (QED) is 0.830. The Bertz CT molecular complexity index is 601. The van der Waals surface area contributed by atoms with Gasteiger partial charge >= 0.3 is 0 Å². The third kappa shape index (κ3) is 3.23. The van der Waals surface area contributed by atoms with Gasteiger partial charge in [0.25, 0.3) is 0 Å². The lowest BCUT2D eigenvalue weighted by Gasteiger charge is -2.05. The van der Waals surface area contributed by atoms with E-state index in [0.29, 0.717) is 9.37 Å². The number of halogens is 3. The SMILES string of the molecule is O=S(Cc1ccc(F)cc1Br)c1cccc(F)c1. The first kappa shape index (κ1) is 13.4. The molecule has 0 amide bonds. The van der Waals surface area contributed by atoms with Crippen molar-refractivity contribution in [2.75, 3.05) is 0 Å². The lowest BCUT2D eigenvalue weighted by Crippen LogP contribution is -1.98. The first-order valence-corrected chi connectivity index (χ1v) is 7.25. The van der Waals surface area contributed by atoms with Crippen molar-refractivity contribution in [3.8, 4) is 0 Å². The monoisotopic (exact) mass is 330 g/mol. The minimum absolute atomic E-state index is 0.213. The number of hydrogen-bond donors (Lipinski definition) is 0. The largest absolute Gasteiger partial charge is 0.254 e. The van der Waals surface area contributed by atoms with Crippen LogP contribution in [0, 0.1) is 11.6 Å². The average molecular weight is 331 g/mol. The molecule has 2 rings (SSSR count). The van der Waals surface area contributed by atoms with Gasteiger partial charge in [-0.05, 0) is 35.9 Å². The second-order valence-corrected chi connectivity index (χ2v) is 5.99. The maximum atomic E-state index is 13.0. The molecule has 1 nitrogen and oxygen atoms in total. The Morgan fingerprint density at radius 1 is 1.06 bits per heavy atom. The summed E-state index contributed by atoms with van der Waals surface area (Å²) in [6.07, 6.45) is 0. The fraction of sp³-hybridized carbons (Fsp3) is 0.0769. The Morgan fingerprint density at radius 2 is 1.78 bits per heavy atom. The molecule has 0 radical (unpaired) electrons. The average Bonchev–Trinajstić information content (AvgIpc) is 2.32. The van der Waals surface area contributed by atoms with Crippen molar-refractivity contribution in [2.45, 2.75) is 10.6 Å². The van der Waals surface area contributed by atoms with Crippen LogP contribution in [-0.2, 0) is 16.6 Å². The van der Waals surface area contributed by atoms with E-state index in [2.05, 4.69) is 15.9 Å². The lowest BCUT2D eigenvalue weighted by molar-refractivity contribution is 0.622. The molecular weight excluding hydrogens is 322 g/mol. The number of rotatable bonds is 3. The summed E-state index contributed by atoms with van der Waals surface area (Å²) in [5, 5.41) is 0. The Balaban J connectivity index is 2.21. The van der Waals surface area contributed by atoms with Crippen LogP contribution in [0.4, 0.5) is 8.78 Å². The predicted molar refractivity (Wildman–Crippen MR) is 70.6 cm³/mol. The number of benzene rings is 2. The van der Waals surface area contributed by atoms with Gasteiger partial charge in [-0.1, -0.05) is 28.1 Å². The molecular formula is C13H9BrF2OS. The highest BCUT2D eigenvalue weighted by Crippen LogP contribution is 2.21. The van der Waals surface area contributed by atoms with Crippen molar-refractivity contribution in [1.29, 1.82) is 0 Å². The van der Waals surface area contributed by atoms with Crippen molar-refractivity contribution >= 4 is 26.7 Å². The fourth-order valence-corrected chi connectivity index (χ4v) is 3.32. The van der Waals surface area contributed by atoms with Crippen molar-refractivity contribution in [3.63, 3.8) is 0 Å². The summed E-state index contributed by atoms with van der Waals surface area (Å²) in [6, 6.07) is 9.86. The Morgan fingerprint density at radius 3 is 2.44 bits per heavy atom. The molecule has 18 heavy (non-hydrogen) atoms.